The van der Waals surface area contributed by atoms with Gasteiger partial charge in [-0.2, -0.15) is 11.8 Å². The third kappa shape index (κ3) is 3.69. The maximum Gasteiger partial charge on any atom is 0.303 e. The normalized spacial score (nSPS) is 16.4. The summed E-state index contributed by atoms with van der Waals surface area (Å²) in [7, 11) is 0. The number of hydrogen-bond donors (Lipinski definition) is 1. The van der Waals surface area contributed by atoms with Gasteiger partial charge >= 0.3 is 5.97 Å². The molecule has 1 fully saturated rings. The van der Waals surface area contributed by atoms with E-state index < -0.39 is 17.6 Å². The Hall–Kier alpha value is -0.620. The molecule has 104 valence electrons. The standard InChI is InChI=1S/C13H13BrF2O2S/c14-9-1-2-10(15)8(12(9)16)6-19-7-13(3-4-13)5-11(17)18/h1-2H,3-7H2,(H,17,18). The Bertz CT molecular complexity index is 504. The maximum atomic E-state index is 13.7. The van der Waals surface area contributed by atoms with Crippen molar-refractivity contribution in [1.29, 1.82) is 0 Å². The van der Waals surface area contributed by atoms with E-state index >= 15 is 0 Å². The van der Waals surface area contributed by atoms with Gasteiger partial charge in [-0.3, -0.25) is 4.79 Å². The van der Waals surface area contributed by atoms with Gasteiger partial charge in [0.2, 0.25) is 0 Å². The van der Waals surface area contributed by atoms with Gasteiger partial charge < -0.3 is 5.11 Å². The van der Waals surface area contributed by atoms with Crippen molar-refractivity contribution in [1.82, 2.24) is 0 Å². The van der Waals surface area contributed by atoms with E-state index in [0.717, 1.165) is 12.8 Å². The Balaban J connectivity index is 1.93. The molecule has 0 aromatic heterocycles. The van der Waals surface area contributed by atoms with Crippen LogP contribution in [0.1, 0.15) is 24.8 Å². The topological polar surface area (TPSA) is 37.3 Å². The Morgan fingerprint density at radius 1 is 1.42 bits per heavy atom. The van der Waals surface area contributed by atoms with Gasteiger partial charge in [0.1, 0.15) is 11.6 Å². The van der Waals surface area contributed by atoms with E-state index in [9.17, 15) is 13.6 Å². The van der Waals surface area contributed by atoms with E-state index in [-0.39, 0.29) is 27.6 Å². The van der Waals surface area contributed by atoms with Crippen molar-refractivity contribution in [2.45, 2.75) is 25.0 Å². The first-order chi connectivity index (χ1) is 8.93. The Labute approximate surface area is 122 Å². The van der Waals surface area contributed by atoms with Crippen LogP contribution in [-0.4, -0.2) is 16.8 Å². The van der Waals surface area contributed by atoms with E-state index in [0.29, 0.717) is 5.75 Å². The highest BCUT2D eigenvalue weighted by atomic mass is 79.9. The van der Waals surface area contributed by atoms with Crippen molar-refractivity contribution >= 4 is 33.7 Å². The summed E-state index contributed by atoms with van der Waals surface area (Å²) >= 11 is 4.42. The first-order valence-corrected chi connectivity index (χ1v) is 7.80. The van der Waals surface area contributed by atoms with Crippen LogP contribution in [0.2, 0.25) is 0 Å². The average Bonchev–Trinajstić information content (AvgIpc) is 3.08. The molecule has 0 amide bonds. The summed E-state index contributed by atoms with van der Waals surface area (Å²) < 4.78 is 27.5. The summed E-state index contributed by atoms with van der Waals surface area (Å²) in [4.78, 5) is 10.7. The molecule has 0 unspecified atom stereocenters. The summed E-state index contributed by atoms with van der Waals surface area (Å²) in [6, 6.07) is 2.57. The van der Waals surface area contributed by atoms with E-state index in [2.05, 4.69) is 15.9 Å². The summed E-state index contributed by atoms with van der Waals surface area (Å²) in [5, 5.41) is 8.79. The first kappa shape index (κ1) is 14.8. The van der Waals surface area contributed by atoms with Gasteiger partial charge in [0.05, 0.1) is 10.9 Å². The van der Waals surface area contributed by atoms with Crippen LogP contribution < -0.4 is 0 Å². The SMILES string of the molecule is O=C(O)CC1(CSCc2c(F)ccc(Br)c2F)CC1. The van der Waals surface area contributed by atoms with Gasteiger partial charge in [-0.05, 0) is 52.1 Å². The zero-order valence-electron chi connectivity index (χ0n) is 10.1. The molecule has 2 rings (SSSR count). The number of aliphatic carboxylic acids is 1. The maximum absolute atomic E-state index is 13.7. The third-order valence-corrected chi connectivity index (χ3v) is 5.20. The highest BCUT2D eigenvalue weighted by Crippen LogP contribution is 2.51. The zero-order chi connectivity index (χ0) is 14.0. The lowest BCUT2D eigenvalue weighted by atomic mass is 10.1. The van der Waals surface area contributed by atoms with Crippen molar-refractivity contribution in [3.63, 3.8) is 0 Å². The minimum Gasteiger partial charge on any atom is -0.481 e. The highest BCUT2D eigenvalue weighted by molar-refractivity contribution is 9.10. The van der Waals surface area contributed by atoms with Gasteiger partial charge in [-0.1, -0.05) is 0 Å². The highest BCUT2D eigenvalue weighted by Gasteiger charge is 2.44. The predicted molar refractivity (Wildman–Crippen MR) is 74.1 cm³/mol. The van der Waals surface area contributed by atoms with Gasteiger partial charge in [-0.25, -0.2) is 8.78 Å². The molecule has 0 heterocycles. The molecule has 0 atom stereocenters. The number of carboxylic acids is 1. The minimum absolute atomic E-state index is 0.0468. The molecule has 1 aromatic carbocycles. The van der Waals surface area contributed by atoms with Crippen LogP contribution in [0.4, 0.5) is 8.78 Å². The predicted octanol–water partition coefficient (Wildman–Crippen LogP) is 4.22. The number of thioether (sulfide) groups is 1. The Morgan fingerprint density at radius 3 is 2.68 bits per heavy atom. The number of carboxylic acid groups (broad SMARTS) is 1. The summed E-state index contributed by atoms with van der Waals surface area (Å²) in [5.41, 5.74) is -0.111. The van der Waals surface area contributed by atoms with Gasteiger partial charge in [0, 0.05) is 11.3 Å². The quantitative estimate of drug-likeness (QED) is 0.780. The molecule has 19 heavy (non-hydrogen) atoms. The molecule has 0 aliphatic heterocycles. The third-order valence-electron chi connectivity index (χ3n) is 3.28. The summed E-state index contributed by atoms with van der Waals surface area (Å²) in [5.74, 6) is -1.09. The molecule has 0 saturated heterocycles. The van der Waals surface area contributed by atoms with Crippen molar-refractivity contribution in [3.05, 3.63) is 33.8 Å². The largest absolute Gasteiger partial charge is 0.481 e. The number of hydrogen-bond acceptors (Lipinski definition) is 2. The molecule has 1 N–H and O–H groups in total. The second-order valence-corrected chi connectivity index (χ2v) is 6.72. The number of benzene rings is 1. The molecule has 0 radical (unpaired) electrons. The van der Waals surface area contributed by atoms with Crippen LogP contribution in [-0.2, 0) is 10.5 Å². The molecule has 1 aliphatic carbocycles. The Kier molecular flexibility index (Phi) is 4.50. The van der Waals surface area contributed by atoms with Crippen molar-refractivity contribution in [3.8, 4) is 0 Å². The van der Waals surface area contributed by atoms with Crippen molar-refractivity contribution in [2.75, 3.05) is 5.75 Å². The second kappa shape index (κ2) is 5.79. The van der Waals surface area contributed by atoms with Gasteiger partial charge in [0.15, 0.2) is 0 Å². The molecule has 1 saturated carbocycles. The van der Waals surface area contributed by atoms with Crippen molar-refractivity contribution < 1.29 is 18.7 Å². The smallest absolute Gasteiger partial charge is 0.303 e. The lowest BCUT2D eigenvalue weighted by Crippen LogP contribution is -2.11. The monoisotopic (exact) mass is 350 g/mol. The number of rotatable bonds is 6. The van der Waals surface area contributed by atoms with Crippen LogP contribution in [0.3, 0.4) is 0 Å². The van der Waals surface area contributed by atoms with E-state index in [1.165, 1.54) is 23.9 Å². The number of carbonyl (C=O) groups is 1. The van der Waals surface area contributed by atoms with E-state index in [4.69, 9.17) is 5.11 Å². The van der Waals surface area contributed by atoms with Gasteiger partial charge in [-0.15, -0.1) is 0 Å². The second-order valence-electron chi connectivity index (χ2n) is 4.89. The summed E-state index contributed by atoms with van der Waals surface area (Å²) in [6.45, 7) is 0. The molecule has 1 aromatic rings. The van der Waals surface area contributed by atoms with Gasteiger partial charge in [0.25, 0.3) is 0 Å². The fraction of sp³-hybridized carbons (Fsp3) is 0.462. The molecule has 0 bridgehead atoms. The molecule has 0 spiro atoms. The summed E-state index contributed by atoms with van der Waals surface area (Å²) in [6.07, 6.45) is 1.91. The molecular formula is C13H13BrF2O2S. The molecule has 1 aliphatic rings. The lowest BCUT2D eigenvalue weighted by Gasteiger charge is -2.12. The minimum atomic E-state index is -0.807. The zero-order valence-corrected chi connectivity index (χ0v) is 12.5. The van der Waals surface area contributed by atoms with E-state index in [1.54, 1.807) is 0 Å². The molecule has 2 nitrogen and oxygen atoms in total. The number of halogens is 3. The lowest BCUT2D eigenvalue weighted by molar-refractivity contribution is -0.138. The molecule has 6 heteroatoms. The Morgan fingerprint density at radius 2 is 2.11 bits per heavy atom. The average molecular weight is 351 g/mol. The van der Waals surface area contributed by atoms with E-state index in [1.807, 2.05) is 0 Å². The van der Waals surface area contributed by atoms with Crippen LogP contribution in [0.5, 0.6) is 0 Å². The van der Waals surface area contributed by atoms with Crippen molar-refractivity contribution in [2.24, 2.45) is 5.41 Å². The molecular weight excluding hydrogens is 338 g/mol. The fourth-order valence-corrected chi connectivity index (χ4v) is 3.71. The fourth-order valence-electron chi connectivity index (χ4n) is 1.94. The van der Waals surface area contributed by atoms with Crippen LogP contribution in [0.15, 0.2) is 16.6 Å². The van der Waals surface area contributed by atoms with Crippen LogP contribution in [0, 0.1) is 17.0 Å². The van der Waals surface area contributed by atoms with Crippen LogP contribution in [0.25, 0.3) is 0 Å². The first-order valence-electron chi connectivity index (χ1n) is 5.85. The van der Waals surface area contributed by atoms with Crippen LogP contribution >= 0.6 is 27.7 Å².